The molecular weight excluding hydrogens is 270 g/mol. The van der Waals surface area contributed by atoms with Crippen LogP contribution in [0, 0.1) is 0 Å². The van der Waals surface area contributed by atoms with E-state index in [2.05, 4.69) is 12.2 Å². The zero-order valence-electron chi connectivity index (χ0n) is 12.3. The van der Waals surface area contributed by atoms with Gasteiger partial charge in [0.15, 0.2) is 0 Å². The summed E-state index contributed by atoms with van der Waals surface area (Å²) < 4.78 is 9.96. The van der Waals surface area contributed by atoms with E-state index in [1.165, 1.54) is 18.7 Å². The van der Waals surface area contributed by atoms with Gasteiger partial charge < -0.3 is 14.5 Å². The fourth-order valence-corrected chi connectivity index (χ4v) is 2.24. The Kier molecular flexibility index (Phi) is 5.11. The Morgan fingerprint density at radius 1 is 1.33 bits per heavy atom. The Labute approximate surface area is 122 Å². The monoisotopic (exact) mass is 289 g/mol. The molecule has 1 N–H and O–H groups in total. The molecule has 0 spiro atoms. The average molecular weight is 289 g/mol. The number of hydrogen-bond donors (Lipinski definition) is 1. The number of benzene rings is 1. The van der Waals surface area contributed by atoms with Crippen LogP contribution in [-0.4, -0.2) is 19.6 Å². The summed E-state index contributed by atoms with van der Waals surface area (Å²) in [5, 5.41) is 3.59. The number of fused-ring (bicyclic) bond motifs is 1. The first-order chi connectivity index (χ1) is 10.1. The van der Waals surface area contributed by atoms with Crippen LogP contribution in [0.3, 0.4) is 0 Å². The van der Waals surface area contributed by atoms with Gasteiger partial charge in [-0.2, -0.15) is 0 Å². The van der Waals surface area contributed by atoms with E-state index >= 15 is 0 Å². The Bertz CT molecular complexity index is 690. The van der Waals surface area contributed by atoms with Crippen molar-refractivity contribution < 1.29 is 13.9 Å². The van der Waals surface area contributed by atoms with Crippen LogP contribution in [0.1, 0.15) is 24.5 Å². The molecule has 1 aromatic heterocycles. The second-order valence-corrected chi connectivity index (χ2v) is 4.88. The Hall–Kier alpha value is -2.14. The van der Waals surface area contributed by atoms with Crippen molar-refractivity contribution in [2.45, 2.75) is 26.3 Å². The maximum Gasteiger partial charge on any atom is 0.336 e. The molecule has 1 aromatic carbocycles. The lowest BCUT2D eigenvalue weighted by atomic mass is 10.0. The average Bonchev–Trinajstić information content (AvgIpc) is 2.46. The predicted octanol–water partition coefficient (Wildman–Crippen LogP) is 2.01. The summed E-state index contributed by atoms with van der Waals surface area (Å²) in [6.07, 6.45) is 2.01. The predicted molar refractivity (Wildman–Crippen MR) is 80.2 cm³/mol. The molecule has 112 valence electrons. The maximum absolute atomic E-state index is 11.6. The Balaban J connectivity index is 2.33. The molecule has 0 aliphatic heterocycles. The summed E-state index contributed by atoms with van der Waals surface area (Å²) in [6.45, 7) is 2.39. The van der Waals surface area contributed by atoms with Crippen LogP contribution in [0.2, 0.25) is 0 Å². The van der Waals surface area contributed by atoms with E-state index < -0.39 is 5.63 Å². The van der Waals surface area contributed by atoms with Crippen LogP contribution in [0.5, 0.6) is 0 Å². The summed E-state index contributed by atoms with van der Waals surface area (Å²) >= 11 is 0. The van der Waals surface area contributed by atoms with Gasteiger partial charge in [-0.1, -0.05) is 19.4 Å². The van der Waals surface area contributed by atoms with Gasteiger partial charge in [-0.25, -0.2) is 4.79 Å². The molecule has 0 unspecified atom stereocenters. The van der Waals surface area contributed by atoms with Crippen LogP contribution < -0.4 is 10.9 Å². The standard InChI is InChI=1S/C16H19NO4/c1-3-4-11-5-6-14-13(7-11)12(8-16(19)21-14)9-17-15(18)10-20-2/h5-8H,3-4,9-10H2,1-2H3,(H,17,18). The van der Waals surface area contributed by atoms with Gasteiger partial charge in [0, 0.05) is 25.1 Å². The van der Waals surface area contributed by atoms with Crippen molar-refractivity contribution >= 4 is 16.9 Å². The number of aryl methyl sites for hydroxylation is 1. The maximum atomic E-state index is 11.6. The first-order valence-electron chi connectivity index (χ1n) is 6.95. The molecule has 21 heavy (non-hydrogen) atoms. The molecule has 2 aromatic rings. The number of rotatable bonds is 6. The third-order valence-electron chi connectivity index (χ3n) is 3.18. The van der Waals surface area contributed by atoms with Crippen molar-refractivity contribution in [3.05, 3.63) is 45.8 Å². The number of hydrogen-bond acceptors (Lipinski definition) is 4. The Morgan fingerprint density at radius 3 is 2.86 bits per heavy atom. The third-order valence-corrected chi connectivity index (χ3v) is 3.18. The molecule has 0 aliphatic rings. The normalized spacial score (nSPS) is 10.8. The lowest BCUT2D eigenvalue weighted by molar-refractivity contribution is -0.124. The van der Waals surface area contributed by atoms with Gasteiger partial charge in [-0.15, -0.1) is 0 Å². The fourth-order valence-electron chi connectivity index (χ4n) is 2.24. The third kappa shape index (κ3) is 3.92. The number of carbonyl (C=O) groups excluding carboxylic acids is 1. The van der Waals surface area contributed by atoms with E-state index in [9.17, 15) is 9.59 Å². The van der Waals surface area contributed by atoms with Gasteiger partial charge in [0.05, 0.1) is 0 Å². The van der Waals surface area contributed by atoms with Gasteiger partial charge in [-0.3, -0.25) is 4.79 Å². The van der Waals surface area contributed by atoms with E-state index in [1.54, 1.807) is 0 Å². The van der Waals surface area contributed by atoms with Crippen molar-refractivity contribution in [3.8, 4) is 0 Å². The van der Waals surface area contributed by atoms with Gasteiger partial charge in [-0.05, 0) is 29.7 Å². The SMILES string of the molecule is CCCc1ccc2oc(=O)cc(CNC(=O)COC)c2c1. The zero-order chi connectivity index (χ0) is 15.2. The fraction of sp³-hybridized carbons (Fsp3) is 0.375. The van der Waals surface area contributed by atoms with E-state index in [4.69, 9.17) is 9.15 Å². The van der Waals surface area contributed by atoms with Crippen LogP contribution in [0.25, 0.3) is 11.0 Å². The van der Waals surface area contributed by atoms with E-state index in [-0.39, 0.29) is 19.1 Å². The van der Waals surface area contributed by atoms with Gasteiger partial charge in [0.1, 0.15) is 12.2 Å². The summed E-state index contributed by atoms with van der Waals surface area (Å²) in [5.41, 5.74) is 2.06. The molecule has 0 saturated heterocycles. The molecule has 0 fully saturated rings. The molecule has 0 aliphatic carbocycles. The van der Waals surface area contributed by atoms with Gasteiger partial charge in [0.25, 0.3) is 0 Å². The molecule has 0 radical (unpaired) electrons. The van der Waals surface area contributed by atoms with Crippen molar-refractivity contribution in [3.63, 3.8) is 0 Å². The van der Waals surface area contributed by atoms with Gasteiger partial charge >= 0.3 is 5.63 Å². The number of nitrogens with one attached hydrogen (secondary N) is 1. The largest absolute Gasteiger partial charge is 0.423 e. The molecule has 5 nitrogen and oxygen atoms in total. The lowest BCUT2D eigenvalue weighted by Gasteiger charge is -2.08. The summed E-state index contributed by atoms with van der Waals surface area (Å²) in [6, 6.07) is 7.20. The van der Waals surface area contributed by atoms with Crippen molar-refractivity contribution in [1.82, 2.24) is 5.32 Å². The number of amides is 1. The number of methoxy groups -OCH3 is 1. The Morgan fingerprint density at radius 2 is 2.14 bits per heavy atom. The molecule has 0 bridgehead atoms. The molecule has 1 amide bonds. The smallest absolute Gasteiger partial charge is 0.336 e. The highest BCUT2D eigenvalue weighted by Crippen LogP contribution is 2.19. The van der Waals surface area contributed by atoms with Crippen LogP contribution in [0.15, 0.2) is 33.5 Å². The minimum atomic E-state index is -0.415. The highest BCUT2D eigenvalue weighted by atomic mass is 16.5. The van der Waals surface area contributed by atoms with Crippen molar-refractivity contribution in [2.24, 2.45) is 0 Å². The first-order valence-corrected chi connectivity index (χ1v) is 6.95. The first kappa shape index (κ1) is 15.3. The number of ether oxygens (including phenoxy) is 1. The summed E-state index contributed by atoms with van der Waals surface area (Å²) in [7, 11) is 1.46. The van der Waals surface area contributed by atoms with Crippen LogP contribution in [-0.2, 0) is 22.5 Å². The number of carbonyl (C=O) groups is 1. The molecule has 2 rings (SSSR count). The van der Waals surface area contributed by atoms with Crippen LogP contribution >= 0.6 is 0 Å². The van der Waals surface area contributed by atoms with Crippen molar-refractivity contribution in [1.29, 1.82) is 0 Å². The van der Waals surface area contributed by atoms with Crippen molar-refractivity contribution in [2.75, 3.05) is 13.7 Å². The van der Waals surface area contributed by atoms with Gasteiger partial charge in [0.2, 0.25) is 5.91 Å². The molecule has 0 atom stereocenters. The summed E-state index contributed by atoms with van der Waals surface area (Å²) in [4.78, 5) is 23.1. The highest BCUT2D eigenvalue weighted by molar-refractivity contribution is 5.82. The minimum absolute atomic E-state index is 0.000454. The minimum Gasteiger partial charge on any atom is -0.423 e. The molecule has 5 heteroatoms. The highest BCUT2D eigenvalue weighted by Gasteiger charge is 2.08. The topological polar surface area (TPSA) is 68.5 Å². The second kappa shape index (κ2) is 7.04. The van der Waals surface area contributed by atoms with E-state index in [0.717, 1.165) is 23.8 Å². The van der Waals surface area contributed by atoms with E-state index in [1.807, 2.05) is 18.2 Å². The van der Waals surface area contributed by atoms with Crippen LogP contribution in [0.4, 0.5) is 0 Å². The second-order valence-electron chi connectivity index (χ2n) is 4.88. The molecule has 1 heterocycles. The summed E-state index contributed by atoms with van der Waals surface area (Å²) in [5.74, 6) is -0.219. The lowest BCUT2D eigenvalue weighted by Crippen LogP contribution is -2.27. The van der Waals surface area contributed by atoms with E-state index in [0.29, 0.717) is 5.58 Å². The molecular formula is C16H19NO4. The quantitative estimate of drug-likeness (QED) is 0.826. The zero-order valence-corrected chi connectivity index (χ0v) is 12.3. The molecule has 0 saturated carbocycles.